The van der Waals surface area contributed by atoms with Crippen LogP contribution in [0.2, 0.25) is 10.0 Å². The Bertz CT molecular complexity index is 1430. The van der Waals surface area contributed by atoms with E-state index in [2.05, 4.69) is 5.32 Å². The maximum Gasteiger partial charge on any atom is 0.244 e. The fraction of sp³-hybridized carbons (Fsp3) is 0.355. The van der Waals surface area contributed by atoms with Crippen molar-refractivity contribution in [3.05, 3.63) is 100 Å². The van der Waals surface area contributed by atoms with Crippen LogP contribution in [0.5, 0.6) is 0 Å². The van der Waals surface area contributed by atoms with Gasteiger partial charge in [-0.05, 0) is 36.1 Å². The highest BCUT2D eigenvalue weighted by molar-refractivity contribution is 7.92. The van der Waals surface area contributed by atoms with Crippen molar-refractivity contribution in [3.63, 3.8) is 0 Å². The third-order valence-electron chi connectivity index (χ3n) is 7.30. The van der Waals surface area contributed by atoms with Crippen LogP contribution in [0.25, 0.3) is 0 Å². The molecular formula is C31H35Cl2N3O4S. The van der Waals surface area contributed by atoms with Gasteiger partial charge in [0.1, 0.15) is 12.6 Å². The second-order valence-corrected chi connectivity index (χ2v) is 13.1. The number of nitrogens with zero attached hydrogens (tertiary/aromatic N) is 2. The molecule has 0 radical (unpaired) electrons. The lowest BCUT2D eigenvalue weighted by atomic mass is 9.94. The summed E-state index contributed by atoms with van der Waals surface area (Å²) in [5.74, 6) is -0.785. The topological polar surface area (TPSA) is 86.8 Å². The zero-order chi connectivity index (χ0) is 29.4. The SMILES string of the molecule is CS(=O)(=O)N(CC(=O)N(Cc1ccccc1)C(Cc1ccccc1)C(=O)NC1CCCCC1)c1cccc(Cl)c1Cl. The Labute approximate surface area is 252 Å². The fourth-order valence-electron chi connectivity index (χ4n) is 5.16. The lowest BCUT2D eigenvalue weighted by Gasteiger charge is -2.35. The molecule has 1 saturated carbocycles. The molecule has 1 fully saturated rings. The molecule has 0 heterocycles. The predicted octanol–water partition coefficient (Wildman–Crippen LogP) is 5.85. The lowest BCUT2D eigenvalue weighted by Crippen LogP contribution is -2.55. The number of carbonyl (C=O) groups is 2. The number of sulfonamides is 1. The molecular weight excluding hydrogens is 581 g/mol. The molecule has 0 aromatic heterocycles. The highest BCUT2D eigenvalue weighted by Crippen LogP contribution is 2.34. The molecule has 3 aromatic rings. The largest absolute Gasteiger partial charge is 0.352 e. The Kier molecular flexibility index (Phi) is 10.7. The number of carbonyl (C=O) groups excluding carboxylic acids is 2. The van der Waals surface area contributed by atoms with Gasteiger partial charge in [-0.25, -0.2) is 8.42 Å². The molecule has 1 aliphatic rings. The summed E-state index contributed by atoms with van der Waals surface area (Å²) in [4.78, 5) is 29.6. The molecule has 0 bridgehead atoms. The molecule has 1 unspecified atom stereocenters. The zero-order valence-electron chi connectivity index (χ0n) is 23.0. The summed E-state index contributed by atoms with van der Waals surface area (Å²) in [6, 6.07) is 22.7. The second-order valence-electron chi connectivity index (χ2n) is 10.4. The molecule has 0 saturated heterocycles. The molecule has 3 aromatic carbocycles. The Morgan fingerprint density at radius 1 is 0.878 bits per heavy atom. The van der Waals surface area contributed by atoms with Crippen LogP contribution in [-0.4, -0.2) is 50.0 Å². The van der Waals surface area contributed by atoms with E-state index in [0.29, 0.717) is 0 Å². The number of rotatable bonds is 11. The Hall–Kier alpha value is -3.07. The van der Waals surface area contributed by atoms with Crippen molar-refractivity contribution < 1.29 is 18.0 Å². The molecule has 41 heavy (non-hydrogen) atoms. The Balaban J connectivity index is 1.72. The van der Waals surface area contributed by atoms with E-state index in [-0.39, 0.29) is 40.6 Å². The van der Waals surface area contributed by atoms with Crippen LogP contribution in [0.4, 0.5) is 5.69 Å². The summed E-state index contributed by atoms with van der Waals surface area (Å²) in [6.45, 7) is -0.427. The van der Waals surface area contributed by atoms with Crippen LogP contribution in [0, 0.1) is 0 Å². The van der Waals surface area contributed by atoms with Crippen LogP contribution < -0.4 is 9.62 Å². The van der Waals surface area contributed by atoms with Crippen molar-refractivity contribution in [1.82, 2.24) is 10.2 Å². The number of benzene rings is 3. The average Bonchev–Trinajstić information content (AvgIpc) is 2.96. The van der Waals surface area contributed by atoms with E-state index in [1.54, 1.807) is 12.1 Å². The van der Waals surface area contributed by atoms with E-state index in [9.17, 15) is 18.0 Å². The van der Waals surface area contributed by atoms with E-state index in [0.717, 1.165) is 53.8 Å². The molecule has 2 amide bonds. The van der Waals surface area contributed by atoms with Gasteiger partial charge in [0, 0.05) is 19.0 Å². The van der Waals surface area contributed by atoms with E-state index in [1.165, 1.54) is 11.0 Å². The lowest BCUT2D eigenvalue weighted by molar-refractivity contribution is -0.140. The summed E-state index contributed by atoms with van der Waals surface area (Å²) in [5.41, 5.74) is 1.80. The monoisotopic (exact) mass is 615 g/mol. The van der Waals surface area contributed by atoms with Gasteiger partial charge < -0.3 is 10.2 Å². The van der Waals surface area contributed by atoms with Gasteiger partial charge in [0.2, 0.25) is 21.8 Å². The third-order valence-corrected chi connectivity index (χ3v) is 9.23. The molecule has 1 atom stereocenters. The maximum absolute atomic E-state index is 14.2. The van der Waals surface area contributed by atoms with Crippen molar-refractivity contribution >= 4 is 50.7 Å². The third kappa shape index (κ3) is 8.47. The van der Waals surface area contributed by atoms with Gasteiger partial charge >= 0.3 is 0 Å². The number of anilines is 1. The summed E-state index contributed by atoms with van der Waals surface area (Å²) >= 11 is 12.6. The molecule has 0 aliphatic heterocycles. The van der Waals surface area contributed by atoms with E-state index < -0.39 is 28.5 Å². The van der Waals surface area contributed by atoms with Gasteiger partial charge in [-0.1, -0.05) is 109 Å². The van der Waals surface area contributed by atoms with Crippen LogP contribution in [0.3, 0.4) is 0 Å². The van der Waals surface area contributed by atoms with E-state index in [1.807, 2.05) is 60.7 Å². The highest BCUT2D eigenvalue weighted by Gasteiger charge is 2.34. The van der Waals surface area contributed by atoms with Gasteiger partial charge in [0.15, 0.2) is 0 Å². The van der Waals surface area contributed by atoms with Crippen molar-refractivity contribution in [2.75, 3.05) is 17.1 Å². The number of halogens is 2. The highest BCUT2D eigenvalue weighted by atomic mass is 35.5. The minimum Gasteiger partial charge on any atom is -0.352 e. The summed E-state index contributed by atoms with van der Waals surface area (Å²) in [5, 5.41) is 3.38. The minimum absolute atomic E-state index is 0.0258. The first kappa shape index (κ1) is 30.9. The normalized spacial score (nSPS) is 14.7. The first-order valence-electron chi connectivity index (χ1n) is 13.7. The van der Waals surface area contributed by atoms with Gasteiger partial charge in [0.25, 0.3) is 0 Å². The second kappa shape index (κ2) is 14.2. The van der Waals surface area contributed by atoms with Crippen molar-refractivity contribution in [1.29, 1.82) is 0 Å². The average molecular weight is 617 g/mol. The number of amides is 2. The van der Waals surface area contributed by atoms with Gasteiger partial charge in [0.05, 0.1) is 22.0 Å². The summed E-state index contributed by atoms with van der Waals surface area (Å²) in [7, 11) is -3.94. The maximum atomic E-state index is 14.2. The summed E-state index contributed by atoms with van der Waals surface area (Å²) in [6.07, 6.45) is 6.31. The molecule has 10 heteroatoms. The number of hydrogen-bond acceptors (Lipinski definition) is 4. The summed E-state index contributed by atoms with van der Waals surface area (Å²) < 4.78 is 26.8. The number of hydrogen-bond donors (Lipinski definition) is 1. The van der Waals surface area contributed by atoms with Gasteiger partial charge in [-0.15, -0.1) is 0 Å². The molecule has 1 aliphatic carbocycles. The molecule has 1 N–H and O–H groups in total. The molecule has 4 rings (SSSR count). The van der Waals surface area contributed by atoms with Crippen molar-refractivity contribution in [2.45, 2.75) is 57.2 Å². The first-order valence-corrected chi connectivity index (χ1v) is 16.3. The van der Waals surface area contributed by atoms with Crippen LogP contribution >= 0.6 is 23.2 Å². The van der Waals surface area contributed by atoms with Gasteiger partial charge in [-0.3, -0.25) is 13.9 Å². The quantitative estimate of drug-likeness (QED) is 0.293. The Morgan fingerprint density at radius 2 is 1.49 bits per heavy atom. The van der Waals surface area contributed by atoms with E-state index >= 15 is 0 Å². The standard InChI is InChI=1S/C31H35Cl2N3O4S/c1-41(39,40)36(27-19-11-18-26(32)30(27)33)22-29(37)35(21-24-14-7-3-8-15-24)28(20-23-12-5-2-6-13-23)31(38)34-25-16-9-4-10-17-25/h2-3,5-8,11-15,18-19,25,28H,4,9-10,16-17,20-22H2,1H3,(H,34,38). The van der Waals surface area contributed by atoms with Crippen LogP contribution in [0.1, 0.15) is 43.2 Å². The van der Waals surface area contributed by atoms with Crippen LogP contribution in [-0.2, 0) is 32.6 Å². The number of nitrogens with one attached hydrogen (secondary N) is 1. The van der Waals surface area contributed by atoms with Gasteiger partial charge in [-0.2, -0.15) is 0 Å². The van der Waals surface area contributed by atoms with Crippen LogP contribution in [0.15, 0.2) is 78.9 Å². The minimum atomic E-state index is -3.94. The van der Waals surface area contributed by atoms with Crippen molar-refractivity contribution in [2.24, 2.45) is 0 Å². The zero-order valence-corrected chi connectivity index (χ0v) is 25.3. The fourth-order valence-corrected chi connectivity index (χ4v) is 6.46. The molecule has 7 nitrogen and oxygen atoms in total. The van der Waals surface area contributed by atoms with E-state index in [4.69, 9.17) is 23.2 Å². The first-order chi connectivity index (χ1) is 19.6. The molecule has 218 valence electrons. The van der Waals surface area contributed by atoms with Crippen molar-refractivity contribution in [3.8, 4) is 0 Å². The Morgan fingerprint density at radius 3 is 2.10 bits per heavy atom. The smallest absolute Gasteiger partial charge is 0.244 e. The predicted molar refractivity (Wildman–Crippen MR) is 165 cm³/mol. The molecule has 0 spiro atoms.